The molecule has 11 aromatic rings. The second-order valence-electron chi connectivity index (χ2n) is 17.4. The fourth-order valence-corrected chi connectivity index (χ4v) is 12.5. The van der Waals surface area contributed by atoms with Gasteiger partial charge in [0.1, 0.15) is 0 Å². The van der Waals surface area contributed by atoms with Gasteiger partial charge in [0.2, 0.25) is 0 Å². The molecule has 0 aliphatic heterocycles. The molecule has 0 amide bonds. The molecule has 0 bridgehead atoms. The van der Waals surface area contributed by atoms with Crippen molar-refractivity contribution in [1.29, 1.82) is 0 Å². The molecule has 13 rings (SSSR count). The fraction of sp³-hybridized carbons (Fsp3) is 0.0645. The predicted octanol–water partition coefficient (Wildman–Crippen LogP) is 17.4. The van der Waals surface area contributed by atoms with Crippen LogP contribution in [0.15, 0.2) is 218 Å². The quantitative estimate of drug-likeness (QED) is 0.147. The van der Waals surface area contributed by atoms with Crippen LogP contribution < -0.4 is 0 Å². The highest BCUT2D eigenvalue weighted by molar-refractivity contribution is 7.20. The molecule has 64 heavy (non-hydrogen) atoms. The van der Waals surface area contributed by atoms with E-state index in [0.717, 1.165) is 12.8 Å². The predicted molar refractivity (Wildman–Crippen MR) is 275 cm³/mol. The van der Waals surface area contributed by atoms with E-state index in [0.29, 0.717) is 5.92 Å². The van der Waals surface area contributed by atoms with Crippen molar-refractivity contribution in [3.63, 3.8) is 0 Å². The van der Waals surface area contributed by atoms with Gasteiger partial charge in [0.25, 0.3) is 0 Å². The van der Waals surface area contributed by atoms with Crippen LogP contribution in [0, 0.1) is 0 Å². The Balaban J connectivity index is 0.917. The Morgan fingerprint density at radius 1 is 0.469 bits per heavy atom. The maximum absolute atomic E-state index is 2.59. The summed E-state index contributed by atoms with van der Waals surface area (Å²) in [5, 5.41) is 9.08. The van der Waals surface area contributed by atoms with Gasteiger partial charge in [-0.05, 0) is 114 Å². The summed E-state index contributed by atoms with van der Waals surface area (Å²) in [5.41, 5.74) is 15.6. The molecule has 0 saturated heterocycles. The van der Waals surface area contributed by atoms with Gasteiger partial charge in [-0.1, -0.05) is 200 Å². The Morgan fingerprint density at radius 3 is 1.84 bits per heavy atom. The summed E-state index contributed by atoms with van der Waals surface area (Å²) >= 11 is 1.99. The molecule has 302 valence electrons. The Morgan fingerprint density at radius 2 is 1.08 bits per heavy atom. The van der Waals surface area contributed by atoms with E-state index < -0.39 is 0 Å². The van der Waals surface area contributed by atoms with Gasteiger partial charge in [-0.15, -0.1) is 11.3 Å². The van der Waals surface area contributed by atoms with Crippen LogP contribution in [0.25, 0.3) is 98.5 Å². The Labute approximate surface area is 377 Å². The summed E-state index contributed by atoms with van der Waals surface area (Å²) in [6, 6.07) is 72.3. The normalized spacial score (nSPS) is 16.0. The van der Waals surface area contributed by atoms with Crippen molar-refractivity contribution < 1.29 is 0 Å². The number of nitrogens with zero attached hydrogens (tertiary/aromatic N) is 1. The molecule has 2 aliphatic rings. The summed E-state index contributed by atoms with van der Waals surface area (Å²) in [6.07, 6.45) is 13.7. The molecule has 0 spiro atoms. The van der Waals surface area contributed by atoms with Crippen LogP contribution >= 0.6 is 11.3 Å². The van der Waals surface area contributed by atoms with Crippen molar-refractivity contribution in [1.82, 2.24) is 4.57 Å². The summed E-state index contributed by atoms with van der Waals surface area (Å²) in [6.45, 7) is 0. The fourth-order valence-electron chi connectivity index (χ4n) is 11.0. The van der Waals surface area contributed by atoms with Crippen LogP contribution in [-0.2, 0) is 0 Å². The van der Waals surface area contributed by atoms with Crippen molar-refractivity contribution in [3.8, 4) is 33.4 Å². The van der Waals surface area contributed by atoms with E-state index in [-0.39, 0.29) is 6.04 Å². The number of allylic oxidation sites excluding steroid dienone is 5. The molecule has 0 N–H and O–H groups in total. The van der Waals surface area contributed by atoms with Crippen LogP contribution in [0.5, 0.6) is 0 Å². The SMILES string of the molecule is C1=CC(n2c3ccccc3c3cc(-c4cccc5c6c(sc45)C(c4ccccc4)CC=C6)ccc32)CC(c2ccc3c(-c4ccccc4)c4ccccc4c(-c4ccccc4)c3c2)=C1. The number of thiophene rings is 1. The van der Waals surface area contributed by atoms with Gasteiger partial charge in [-0.2, -0.15) is 0 Å². The number of hydrogen-bond acceptors (Lipinski definition) is 1. The lowest BCUT2D eigenvalue weighted by Crippen LogP contribution is -2.09. The maximum atomic E-state index is 2.59. The molecule has 2 heterocycles. The highest BCUT2D eigenvalue weighted by atomic mass is 32.1. The second kappa shape index (κ2) is 15.1. The molecule has 0 saturated carbocycles. The van der Waals surface area contributed by atoms with E-state index in [1.54, 1.807) is 0 Å². The summed E-state index contributed by atoms with van der Waals surface area (Å²) in [7, 11) is 0. The minimum absolute atomic E-state index is 0.156. The monoisotopic (exact) mass is 833 g/mol. The Hall–Kier alpha value is -7.52. The zero-order valence-electron chi connectivity index (χ0n) is 35.3. The van der Waals surface area contributed by atoms with E-state index in [4.69, 9.17) is 0 Å². The molecule has 0 fully saturated rings. The first-order valence-electron chi connectivity index (χ1n) is 22.5. The molecule has 9 aromatic carbocycles. The van der Waals surface area contributed by atoms with Crippen molar-refractivity contribution in [3.05, 3.63) is 240 Å². The molecule has 2 aliphatic carbocycles. The number of rotatable bonds is 6. The number of hydrogen-bond donors (Lipinski definition) is 0. The van der Waals surface area contributed by atoms with Crippen LogP contribution in [-0.4, -0.2) is 4.57 Å². The van der Waals surface area contributed by atoms with Gasteiger partial charge in [-0.3, -0.25) is 0 Å². The van der Waals surface area contributed by atoms with Gasteiger partial charge < -0.3 is 4.57 Å². The Kier molecular flexibility index (Phi) is 8.74. The highest BCUT2D eigenvalue weighted by Gasteiger charge is 2.26. The van der Waals surface area contributed by atoms with Gasteiger partial charge in [0.15, 0.2) is 0 Å². The number of benzene rings is 9. The molecule has 1 nitrogen and oxygen atoms in total. The van der Waals surface area contributed by atoms with E-state index in [9.17, 15) is 0 Å². The Bertz CT molecular complexity index is 3710. The van der Waals surface area contributed by atoms with E-state index >= 15 is 0 Å². The van der Waals surface area contributed by atoms with Crippen molar-refractivity contribution in [2.24, 2.45) is 0 Å². The zero-order valence-corrected chi connectivity index (χ0v) is 36.1. The maximum Gasteiger partial charge on any atom is 0.0566 e. The molecule has 2 heteroatoms. The number of fused-ring (bicyclic) bond motifs is 8. The van der Waals surface area contributed by atoms with E-state index in [1.807, 2.05) is 11.3 Å². The van der Waals surface area contributed by atoms with Crippen molar-refractivity contribution in [2.45, 2.75) is 24.8 Å². The van der Waals surface area contributed by atoms with Crippen LogP contribution in [0.1, 0.15) is 46.4 Å². The third-order valence-corrected chi connectivity index (χ3v) is 15.3. The smallest absolute Gasteiger partial charge is 0.0566 e. The van der Waals surface area contributed by atoms with Gasteiger partial charge in [0, 0.05) is 42.7 Å². The number of aromatic nitrogens is 1. The number of para-hydroxylation sites is 1. The molecule has 2 atom stereocenters. The average molecular weight is 834 g/mol. The molecular formula is C62H43NS. The first-order chi connectivity index (χ1) is 31.8. The first kappa shape index (κ1) is 37.1. The van der Waals surface area contributed by atoms with Gasteiger partial charge in [-0.25, -0.2) is 0 Å². The van der Waals surface area contributed by atoms with Crippen LogP contribution in [0.3, 0.4) is 0 Å². The average Bonchev–Trinajstić information content (AvgIpc) is 3.92. The second-order valence-corrected chi connectivity index (χ2v) is 18.5. The molecular weight excluding hydrogens is 791 g/mol. The van der Waals surface area contributed by atoms with Crippen molar-refractivity contribution in [2.75, 3.05) is 0 Å². The third kappa shape index (κ3) is 5.90. The van der Waals surface area contributed by atoms with E-state index in [1.165, 1.54) is 114 Å². The highest BCUT2D eigenvalue weighted by Crippen LogP contribution is 2.49. The molecule has 2 aromatic heterocycles. The molecule has 2 unspecified atom stereocenters. The largest absolute Gasteiger partial charge is 0.333 e. The van der Waals surface area contributed by atoms with Crippen molar-refractivity contribution >= 4 is 76.4 Å². The summed E-state index contributed by atoms with van der Waals surface area (Å²) in [5.74, 6) is 0.390. The first-order valence-corrected chi connectivity index (χ1v) is 23.4. The lowest BCUT2D eigenvalue weighted by atomic mass is 9.84. The molecule has 0 radical (unpaired) electrons. The lowest BCUT2D eigenvalue weighted by molar-refractivity contribution is 0.656. The zero-order chi connectivity index (χ0) is 42.1. The van der Waals surface area contributed by atoms with E-state index in [2.05, 4.69) is 229 Å². The van der Waals surface area contributed by atoms with Crippen LogP contribution in [0.4, 0.5) is 0 Å². The minimum atomic E-state index is 0.156. The standard InChI is InChI=1S/C62H43NS/c1-4-17-40(18-5-1)47-28-15-30-53-54-31-16-29-48(62(54)64-61(47)53)45-34-36-58-55(39-45)49-25-12-13-32-57(49)63(58)46-24-14-23-43(37-46)44-33-35-52-56(38-44)60(42-21-8-3-9-22-42)51-27-11-10-26-50(51)59(52)41-19-6-2-7-20-41/h1-27,29-36,38-39,46-47H,28,37H2. The van der Waals surface area contributed by atoms with Gasteiger partial charge in [0.05, 0.1) is 6.04 Å². The third-order valence-electron chi connectivity index (χ3n) is 13.9. The lowest BCUT2D eigenvalue weighted by Gasteiger charge is -2.24. The minimum Gasteiger partial charge on any atom is -0.333 e. The summed E-state index contributed by atoms with van der Waals surface area (Å²) < 4.78 is 3.97. The van der Waals surface area contributed by atoms with Gasteiger partial charge >= 0.3 is 0 Å². The summed E-state index contributed by atoms with van der Waals surface area (Å²) in [4.78, 5) is 1.48. The topological polar surface area (TPSA) is 4.93 Å². The van der Waals surface area contributed by atoms with Crippen LogP contribution in [0.2, 0.25) is 0 Å².